The van der Waals surface area contributed by atoms with E-state index in [1.165, 1.54) is 22.5 Å². The second-order valence-electron chi connectivity index (χ2n) is 5.34. The molecule has 1 aromatic heterocycles. The van der Waals surface area contributed by atoms with Crippen molar-refractivity contribution in [3.05, 3.63) is 53.3 Å². The molecular weight excluding hydrogens is 350 g/mol. The number of pyridine rings is 1. The van der Waals surface area contributed by atoms with Crippen LogP contribution < -0.4 is 4.74 Å². The van der Waals surface area contributed by atoms with Crippen molar-refractivity contribution in [3.8, 4) is 11.8 Å². The molecular formula is C16H14ClN3O3S. The Labute approximate surface area is 145 Å². The van der Waals surface area contributed by atoms with Crippen molar-refractivity contribution >= 4 is 21.6 Å². The minimum Gasteiger partial charge on any atom is -0.487 e. The van der Waals surface area contributed by atoms with Crippen molar-refractivity contribution in [2.75, 3.05) is 13.1 Å². The van der Waals surface area contributed by atoms with Crippen LogP contribution in [0, 0.1) is 11.3 Å². The Morgan fingerprint density at radius 3 is 2.88 bits per heavy atom. The molecule has 1 saturated heterocycles. The molecule has 0 saturated carbocycles. The molecule has 3 rings (SSSR count). The molecule has 0 bridgehead atoms. The molecule has 2 aromatic rings. The lowest BCUT2D eigenvalue weighted by molar-refractivity contribution is 0.214. The van der Waals surface area contributed by atoms with E-state index in [-0.39, 0.29) is 22.6 Å². The molecule has 24 heavy (non-hydrogen) atoms. The van der Waals surface area contributed by atoms with Crippen LogP contribution in [0.4, 0.5) is 0 Å². The fourth-order valence-corrected chi connectivity index (χ4v) is 4.54. The van der Waals surface area contributed by atoms with Crippen molar-refractivity contribution in [1.29, 1.82) is 5.26 Å². The van der Waals surface area contributed by atoms with Crippen LogP contribution in [-0.2, 0) is 10.0 Å². The predicted octanol–water partition coefficient (Wildman–Crippen LogP) is 2.45. The lowest BCUT2D eigenvalue weighted by atomic mass is 10.2. The summed E-state index contributed by atoms with van der Waals surface area (Å²) in [6.45, 7) is 0.594. The molecule has 1 atom stereocenters. The van der Waals surface area contributed by atoms with Crippen LogP contribution in [0.15, 0.2) is 47.6 Å². The topological polar surface area (TPSA) is 83.3 Å². The molecule has 0 spiro atoms. The number of halogens is 1. The number of hydrogen-bond donors (Lipinski definition) is 0. The quantitative estimate of drug-likeness (QED) is 0.833. The maximum atomic E-state index is 12.7. The van der Waals surface area contributed by atoms with Gasteiger partial charge in [-0.25, -0.2) is 8.42 Å². The van der Waals surface area contributed by atoms with Crippen LogP contribution in [-0.4, -0.2) is 36.9 Å². The summed E-state index contributed by atoms with van der Waals surface area (Å²) in [6, 6.07) is 9.64. The van der Waals surface area contributed by atoms with E-state index in [9.17, 15) is 8.42 Å². The van der Waals surface area contributed by atoms with E-state index in [2.05, 4.69) is 4.98 Å². The van der Waals surface area contributed by atoms with Gasteiger partial charge < -0.3 is 4.74 Å². The van der Waals surface area contributed by atoms with Crippen LogP contribution >= 0.6 is 11.6 Å². The van der Waals surface area contributed by atoms with Crippen molar-refractivity contribution < 1.29 is 13.2 Å². The summed E-state index contributed by atoms with van der Waals surface area (Å²) in [7, 11) is -3.72. The van der Waals surface area contributed by atoms with Gasteiger partial charge in [0.25, 0.3) is 0 Å². The van der Waals surface area contributed by atoms with Gasteiger partial charge in [-0.3, -0.25) is 4.98 Å². The summed E-state index contributed by atoms with van der Waals surface area (Å²) in [5, 5.41) is 8.90. The molecule has 1 aliphatic heterocycles. The van der Waals surface area contributed by atoms with Gasteiger partial charge >= 0.3 is 0 Å². The highest BCUT2D eigenvalue weighted by molar-refractivity contribution is 7.89. The van der Waals surface area contributed by atoms with E-state index in [4.69, 9.17) is 21.6 Å². The summed E-state index contributed by atoms with van der Waals surface area (Å²) in [5.74, 6) is 0.609. The fraction of sp³-hybridized carbons (Fsp3) is 0.250. The molecule has 0 unspecified atom stereocenters. The second-order valence-corrected chi connectivity index (χ2v) is 7.65. The Bertz CT molecular complexity index is 881. The maximum absolute atomic E-state index is 12.7. The minimum atomic E-state index is -3.72. The predicted molar refractivity (Wildman–Crippen MR) is 88.2 cm³/mol. The number of rotatable bonds is 4. The van der Waals surface area contributed by atoms with E-state index < -0.39 is 10.0 Å². The number of sulfonamides is 1. The van der Waals surface area contributed by atoms with Crippen molar-refractivity contribution in [2.24, 2.45) is 0 Å². The number of nitrogens with zero attached hydrogens (tertiary/aromatic N) is 3. The first-order chi connectivity index (χ1) is 11.5. The number of ether oxygens (including phenoxy) is 1. The lowest BCUT2D eigenvalue weighted by Crippen LogP contribution is -2.31. The second kappa shape index (κ2) is 6.77. The van der Waals surface area contributed by atoms with Crippen LogP contribution in [0.1, 0.15) is 12.0 Å². The van der Waals surface area contributed by atoms with Crippen LogP contribution in [0.3, 0.4) is 0 Å². The highest BCUT2D eigenvalue weighted by atomic mass is 35.5. The Hall–Kier alpha value is -2.14. The van der Waals surface area contributed by atoms with E-state index in [0.717, 1.165) is 0 Å². The molecule has 0 radical (unpaired) electrons. The van der Waals surface area contributed by atoms with Gasteiger partial charge in [-0.2, -0.15) is 9.57 Å². The smallest absolute Gasteiger partial charge is 0.244 e. The Morgan fingerprint density at radius 2 is 2.21 bits per heavy atom. The van der Waals surface area contributed by atoms with Crippen molar-refractivity contribution in [2.45, 2.75) is 17.4 Å². The first-order valence-corrected chi connectivity index (χ1v) is 9.09. The highest BCUT2D eigenvalue weighted by Gasteiger charge is 2.34. The zero-order valence-electron chi connectivity index (χ0n) is 12.6. The normalized spacial score (nSPS) is 18.2. The van der Waals surface area contributed by atoms with Crippen molar-refractivity contribution in [3.63, 3.8) is 0 Å². The summed E-state index contributed by atoms with van der Waals surface area (Å²) >= 11 is 6.04. The first-order valence-electron chi connectivity index (χ1n) is 7.27. The monoisotopic (exact) mass is 363 g/mol. The van der Waals surface area contributed by atoms with E-state index in [1.807, 2.05) is 6.07 Å². The maximum Gasteiger partial charge on any atom is 0.244 e. The molecule has 0 aliphatic carbocycles. The zero-order valence-corrected chi connectivity index (χ0v) is 14.2. The SMILES string of the molecule is N#Cc1ccc(S(=O)(=O)N2CC[C@H](Oc3cccnc3)C2)c(Cl)c1. The summed E-state index contributed by atoms with van der Waals surface area (Å²) in [6.07, 6.45) is 3.59. The molecule has 0 amide bonds. The van der Waals surface area contributed by atoms with Gasteiger partial charge in [-0.15, -0.1) is 0 Å². The highest BCUT2D eigenvalue weighted by Crippen LogP contribution is 2.29. The average molecular weight is 364 g/mol. The molecule has 1 fully saturated rings. The number of benzene rings is 1. The largest absolute Gasteiger partial charge is 0.487 e. The summed E-state index contributed by atoms with van der Waals surface area (Å²) in [5.41, 5.74) is 0.318. The van der Waals surface area contributed by atoms with Gasteiger partial charge in [-0.1, -0.05) is 11.6 Å². The van der Waals surface area contributed by atoms with Crippen LogP contribution in [0.5, 0.6) is 5.75 Å². The van der Waals surface area contributed by atoms with Gasteiger partial charge in [0.15, 0.2) is 0 Å². The van der Waals surface area contributed by atoms with Gasteiger partial charge in [0.2, 0.25) is 10.0 Å². The van der Waals surface area contributed by atoms with E-state index in [1.54, 1.807) is 24.5 Å². The average Bonchev–Trinajstić information content (AvgIpc) is 3.04. The Balaban J connectivity index is 1.76. The van der Waals surface area contributed by atoms with Gasteiger partial charge in [0, 0.05) is 12.7 Å². The molecule has 2 heterocycles. The Kier molecular flexibility index (Phi) is 4.71. The third-order valence-corrected chi connectivity index (χ3v) is 6.07. The molecule has 8 heteroatoms. The first kappa shape index (κ1) is 16.7. The van der Waals surface area contributed by atoms with Gasteiger partial charge in [0.05, 0.1) is 29.4 Å². The standard InChI is InChI=1S/C16H14ClN3O3S/c17-15-8-12(9-18)3-4-16(15)24(21,22)20-7-5-14(11-20)23-13-2-1-6-19-10-13/h1-4,6,8,10,14H,5,7,11H2/t14-/m0/s1. The molecule has 124 valence electrons. The molecule has 1 aromatic carbocycles. The number of hydrogen-bond acceptors (Lipinski definition) is 5. The number of aromatic nitrogens is 1. The fourth-order valence-electron chi connectivity index (χ4n) is 2.54. The number of nitriles is 1. The minimum absolute atomic E-state index is 0.00481. The third kappa shape index (κ3) is 3.36. The van der Waals surface area contributed by atoms with E-state index in [0.29, 0.717) is 24.3 Å². The van der Waals surface area contributed by atoms with Crippen LogP contribution in [0.2, 0.25) is 5.02 Å². The molecule has 6 nitrogen and oxygen atoms in total. The van der Waals surface area contributed by atoms with Crippen molar-refractivity contribution in [1.82, 2.24) is 9.29 Å². The lowest BCUT2D eigenvalue weighted by Gasteiger charge is -2.18. The molecule has 1 aliphatic rings. The van der Waals surface area contributed by atoms with Gasteiger partial charge in [-0.05, 0) is 36.8 Å². The van der Waals surface area contributed by atoms with Crippen LogP contribution in [0.25, 0.3) is 0 Å². The molecule has 0 N–H and O–H groups in total. The summed E-state index contributed by atoms with van der Waals surface area (Å²) < 4.78 is 32.6. The van der Waals surface area contributed by atoms with E-state index >= 15 is 0 Å². The third-order valence-electron chi connectivity index (χ3n) is 3.72. The zero-order chi connectivity index (χ0) is 17.2. The Morgan fingerprint density at radius 1 is 1.38 bits per heavy atom. The van der Waals surface area contributed by atoms with Gasteiger partial charge in [0.1, 0.15) is 16.7 Å². The summed E-state index contributed by atoms with van der Waals surface area (Å²) in [4.78, 5) is 3.97.